The number of aryl methyl sites for hydroxylation is 1. The van der Waals surface area contributed by atoms with E-state index in [0.717, 1.165) is 5.69 Å². The third-order valence-electron chi connectivity index (χ3n) is 5.07. The van der Waals surface area contributed by atoms with E-state index in [0.29, 0.717) is 37.4 Å². The number of amides is 2. The van der Waals surface area contributed by atoms with E-state index in [1.54, 1.807) is 24.3 Å². The zero-order valence-corrected chi connectivity index (χ0v) is 18.0. The monoisotopic (exact) mass is 435 g/mol. The summed E-state index contributed by atoms with van der Waals surface area (Å²) >= 11 is 0. The lowest BCUT2D eigenvalue weighted by Crippen LogP contribution is -2.52. The Morgan fingerprint density at radius 1 is 1.23 bits per heavy atom. The summed E-state index contributed by atoms with van der Waals surface area (Å²) < 4.78 is 39.9. The Morgan fingerprint density at radius 2 is 2.00 bits per heavy atom. The Morgan fingerprint density at radius 3 is 2.63 bits per heavy atom. The fourth-order valence-electron chi connectivity index (χ4n) is 3.34. The summed E-state index contributed by atoms with van der Waals surface area (Å²) in [5.74, 6) is -0.507. The first-order chi connectivity index (χ1) is 14.1. The molecule has 0 saturated carbocycles. The number of anilines is 2. The van der Waals surface area contributed by atoms with Gasteiger partial charge in [-0.3, -0.25) is 9.88 Å². The summed E-state index contributed by atoms with van der Waals surface area (Å²) in [5.41, 5.74) is 1.84. The van der Waals surface area contributed by atoms with Crippen LogP contribution in [-0.2, 0) is 16.6 Å². The lowest BCUT2D eigenvalue weighted by Gasteiger charge is -2.38. The lowest BCUT2D eigenvalue weighted by atomic mass is 10.1. The van der Waals surface area contributed by atoms with Crippen LogP contribution in [0.15, 0.2) is 36.5 Å². The highest BCUT2D eigenvalue weighted by Gasteiger charge is 2.29. The molecule has 2 heterocycles. The normalized spacial score (nSPS) is 18.2. The van der Waals surface area contributed by atoms with Crippen molar-refractivity contribution in [1.82, 2.24) is 14.2 Å². The molecule has 1 saturated heterocycles. The second-order valence-electron chi connectivity index (χ2n) is 7.49. The number of pyridine rings is 1. The van der Waals surface area contributed by atoms with Crippen LogP contribution in [0.2, 0.25) is 0 Å². The fraction of sp³-hybridized carbons (Fsp3) is 0.400. The molecule has 1 aliphatic rings. The van der Waals surface area contributed by atoms with Crippen LogP contribution in [0, 0.1) is 12.7 Å². The van der Waals surface area contributed by atoms with Crippen LogP contribution in [0.1, 0.15) is 18.2 Å². The van der Waals surface area contributed by atoms with Crippen LogP contribution in [0.4, 0.5) is 20.6 Å². The number of nitrogens with zero attached hydrogens (tertiary/aromatic N) is 3. The largest absolute Gasteiger partial charge is 0.323 e. The zero-order valence-electron chi connectivity index (χ0n) is 17.2. The van der Waals surface area contributed by atoms with Crippen LogP contribution < -0.4 is 10.6 Å². The van der Waals surface area contributed by atoms with Gasteiger partial charge in [0.1, 0.15) is 0 Å². The minimum atomic E-state index is -3.24. The van der Waals surface area contributed by atoms with Gasteiger partial charge in [0.05, 0.1) is 23.8 Å². The molecule has 0 spiro atoms. The van der Waals surface area contributed by atoms with Crippen molar-refractivity contribution in [2.24, 2.45) is 0 Å². The number of piperazine rings is 1. The molecule has 1 aromatic heterocycles. The van der Waals surface area contributed by atoms with Crippen molar-refractivity contribution >= 4 is 27.4 Å². The first-order valence-corrected chi connectivity index (χ1v) is 11.5. The number of aromatic nitrogens is 1. The van der Waals surface area contributed by atoms with Crippen molar-refractivity contribution in [2.75, 3.05) is 36.5 Å². The molecule has 0 aliphatic carbocycles. The standard InChI is InChI=1S/C20H26FN5O3S/c1-14-7-8-17(11-22-14)23-20(27)24-18-6-4-5-16(19(18)21)13-25-9-10-26(12-15(25)2)30(3,28)29/h4-8,11,15H,9-10,12-13H2,1-3H3,(H2,23,24,27)/t15-/m0/s1. The summed E-state index contributed by atoms with van der Waals surface area (Å²) in [6.45, 7) is 5.32. The molecule has 2 amide bonds. The van der Waals surface area contributed by atoms with Gasteiger partial charge < -0.3 is 10.6 Å². The molecule has 1 fully saturated rings. The second-order valence-corrected chi connectivity index (χ2v) is 9.47. The van der Waals surface area contributed by atoms with E-state index >= 15 is 0 Å². The van der Waals surface area contributed by atoms with Crippen molar-refractivity contribution in [3.05, 3.63) is 53.6 Å². The van der Waals surface area contributed by atoms with Gasteiger partial charge in [-0.1, -0.05) is 12.1 Å². The molecule has 8 nitrogen and oxygen atoms in total. The maximum atomic E-state index is 15.0. The van der Waals surface area contributed by atoms with Gasteiger partial charge in [0.15, 0.2) is 5.82 Å². The number of halogens is 1. The molecule has 3 rings (SSSR count). The average molecular weight is 436 g/mol. The number of hydrogen-bond donors (Lipinski definition) is 2. The molecule has 10 heteroatoms. The SMILES string of the molecule is Cc1ccc(NC(=O)Nc2cccc(CN3CCN(S(C)(=O)=O)C[C@@H]3C)c2F)cn1. The maximum Gasteiger partial charge on any atom is 0.323 e. The van der Waals surface area contributed by atoms with Crippen LogP contribution >= 0.6 is 0 Å². The van der Waals surface area contributed by atoms with Crippen molar-refractivity contribution in [1.29, 1.82) is 0 Å². The summed E-state index contributed by atoms with van der Waals surface area (Å²) in [6, 6.07) is 7.70. The summed E-state index contributed by atoms with van der Waals surface area (Å²) in [4.78, 5) is 18.3. The van der Waals surface area contributed by atoms with Crippen molar-refractivity contribution in [2.45, 2.75) is 26.4 Å². The quantitative estimate of drug-likeness (QED) is 0.753. The lowest BCUT2D eigenvalue weighted by molar-refractivity contribution is 0.121. The molecule has 162 valence electrons. The van der Waals surface area contributed by atoms with Gasteiger partial charge in [-0.25, -0.2) is 17.6 Å². The summed E-state index contributed by atoms with van der Waals surface area (Å²) in [7, 11) is -3.24. The highest BCUT2D eigenvalue weighted by Crippen LogP contribution is 2.22. The van der Waals surface area contributed by atoms with E-state index in [1.165, 1.54) is 22.8 Å². The van der Waals surface area contributed by atoms with Crippen molar-refractivity contribution in [3.63, 3.8) is 0 Å². The van der Waals surface area contributed by atoms with E-state index in [4.69, 9.17) is 0 Å². The minimum absolute atomic E-state index is 0.0539. The number of sulfonamides is 1. The molecule has 0 bridgehead atoms. The van der Waals surface area contributed by atoms with Gasteiger partial charge in [0.25, 0.3) is 0 Å². The van der Waals surface area contributed by atoms with Gasteiger partial charge in [-0.15, -0.1) is 0 Å². The van der Waals surface area contributed by atoms with E-state index in [1.807, 2.05) is 18.7 Å². The Bertz CT molecular complexity index is 1010. The van der Waals surface area contributed by atoms with Crippen molar-refractivity contribution < 1.29 is 17.6 Å². The highest BCUT2D eigenvalue weighted by atomic mass is 32.2. The zero-order chi connectivity index (χ0) is 21.9. The summed E-state index contributed by atoms with van der Waals surface area (Å²) in [6.07, 6.45) is 2.72. The van der Waals surface area contributed by atoms with E-state index in [-0.39, 0.29) is 11.7 Å². The van der Waals surface area contributed by atoms with Crippen molar-refractivity contribution in [3.8, 4) is 0 Å². The van der Waals surface area contributed by atoms with Gasteiger partial charge in [-0.2, -0.15) is 4.31 Å². The van der Waals surface area contributed by atoms with E-state index < -0.39 is 21.9 Å². The first kappa shape index (κ1) is 22.1. The van der Waals surface area contributed by atoms with Gasteiger partial charge in [0, 0.05) is 43.5 Å². The average Bonchev–Trinajstić information content (AvgIpc) is 2.67. The molecule has 0 unspecified atom stereocenters. The molecule has 1 aliphatic heterocycles. The number of nitrogens with one attached hydrogen (secondary N) is 2. The summed E-state index contributed by atoms with van der Waals surface area (Å²) in [5, 5.41) is 5.15. The Kier molecular flexibility index (Phi) is 6.69. The molecule has 30 heavy (non-hydrogen) atoms. The molecule has 0 radical (unpaired) electrons. The topological polar surface area (TPSA) is 94.6 Å². The third kappa shape index (κ3) is 5.53. The van der Waals surface area contributed by atoms with E-state index in [2.05, 4.69) is 15.6 Å². The first-order valence-electron chi connectivity index (χ1n) is 9.60. The number of benzene rings is 1. The molecule has 2 N–H and O–H groups in total. The molecule has 1 aromatic carbocycles. The number of hydrogen-bond acceptors (Lipinski definition) is 5. The molecule has 2 aromatic rings. The minimum Gasteiger partial charge on any atom is -0.306 e. The van der Waals surface area contributed by atoms with Gasteiger partial charge in [-0.05, 0) is 32.0 Å². The Hall–Kier alpha value is -2.56. The molecular formula is C20H26FN5O3S. The highest BCUT2D eigenvalue weighted by molar-refractivity contribution is 7.88. The van der Waals surface area contributed by atoms with Crippen LogP contribution in [-0.4, -0.2) is 60.6 Å². The number of carbonyl (C=O) groups is 1. The van der Waals surface area contributed by atoms with Crippen LogP contribution in [0.25, 0.3) is 0 Å². The Balaban J connectivity index is 1.65. The number of rotatable bonds is 5. The van der Waals surface area contributed by atoms with Crippen LogP contribution in [0.5, 0.6) is 0 Å². The van der Waals surface area contributed by atoms with Crippen LogP contribution in [0.3, 0.4) is 0 Å². The third-order valence-corrected chi connectivity index (χ3v) is 6.34. The predicted octanol–water partition coefficient (Wildman–Crippen LogP) is 2.64. The van der Waals surface area contributed by atoms with Gasteiger partial charge in [0.2, 0.25) is 10.0 Å². The number of urea groups is 1. The maximum absolute atomic E-state index is 15.0. The second kappa shape index (κ2) is 9.07. The van der Waals surface area contributed by atoms with Gasteiger partial charge >= 0.3 is 6.03 Å². The molecule has 1 atom stereocenters. The number of carbonyl (C=O) groups excluding carboxylic acids is 1. The Labute approximate surface area is 176 Å². The predicted molar refractivity (Wildman–Crippen MR) is 114 cm³/mol. The molecular weight excluding hydrogens is 409 g/mol. The fourth-order valence-corrected chi connectivity index (χ4v) is 4.24. The smallest absolute Gasteiger partial charge is 0.306 e. The van der Waals surface area contributed by atoms with E-state index in [9.17, 15) is 17.6 Å².